The number of benzene rings is 2. The molecular weight excluding hydrogens is 394 g/mol. The van der Waals surface area contributed by atoms with Crippen LogP contribution in [0.5, 0.6) is 0 Å². The van der Waals surface area contributed by atoms with Gasteiger partial charge in [0.15, 0.2) is 0 Å². The van der Waals surface area contributed by atoms with Gasteiger partial charge in [-0.3, -0.25) is 14.9 Å². The van der Waals surface area contributed by atoms with Gasteiger partial charge in [0.05, 0.1) is 4.92 Å². The molecular formula is C21H14ClN3O4. The van der Waals surface area contributed by atoms with Gasteiger partial charge in [-0.25, -0.2) is 0 Å². The summed E-state index contributed by atoms with van der Waals surface area (Å²) in [6.45, 7) is 1.79. The third kappa shape index (κ3) is 4.69. The fraction of sp³-hybridized carbons (Fsp3) is 0.0476. The first kappa shape index (κ1) is 19.9. The number of amides is 1. The van der Waals surface area contributed by atoms with Gasteiger partial charge in [-0.15, -0.1) is 0 Å². The van der Waals surface area contributed by atoms with Crippen LogP contribution in [-0.2, 0) is 4.79 Å². The number of carbonyl (C=O) groups is 1. The minimum absolute atomic E-state index is 0.0265. The molecule has 1 amide bonds. The van der Waals surface area contributed by atoms with Gasteiger partial charge in [0.25, 0.3) is 11.6 Å². The number of hydrogen-bond donors (Lipinski definition) is 1. The third-order valence-corrected chi connectivity index (χ3v) is 4.31. The molecule has 0 aliphatic heterocycles. The molecule has 2 aromatic carbocycles. The van der Waals surface area contributed by atoms with Crippen molar-refractivity contribution in [2.24, 2.45) is 0 Å². The number of anilines is 1. The highest BCUT2D eigenvalue weighted by molar-refractivity contribution is 6.30. The summed E-state index contributed by atoms with van der Waals surface area (Å²) in [5, 5.41) is 23.3. The number of rotatable bonds is 5. The number of nitrogens with zero attached hydrogens (tertiary/aromatic N) is 2. The Kier molecular flexibility index (Phi) is 5.77. The van der Waals surface area contributed by atoms with E-state index >= 15 is 0 Å². The van der Waals surface area contributed by atoms with E-state index in [9.17, 15) is 20.2 Å². The third-order valence-electron chi connectivity index (χ3n) is 4.08. The molecule has 3 rings (SSSR count). The summed E-state index contributed by atoms with van der Waals surface area (Å²) < 4.78 is 5.65. The van der Waals surface area contributed by atoms with Crippen molar-refractivity contribution >= 4 is 35.0 Å². The first-order valence-corrected chi connectivity index (χ1v) is 8.79. The lowest BCUT2D eigenvalue weighted by atomic mass is 10.1. The van der Waals surface area contributed by atoms with Crippen molar-refractivity contribution in [1.82, 2.24) is 0 Å². The van der Waals surface area contributed by atoms with Gasteiger partial charge in [0.1, 0.15) is 23.2 Å². The number of carbonyl (C=O) groups excluding carboxylic acids is 1. The largest absolute Gasteiger partial charge is 0.457 e. The Bertz CT molecular complexity index is 1160. The number of nitro benzene ring substituents is 1. The summed E-state index contributed by atoms with van der Waals surface area (Å²) in [7, 11) is 0. The Hall–Kier alpha value is -3.89. The average molecular weight is 408 g/mol. The second kappa shape index (κ2) is 8.42. The summed E-state index contributed by atoms with van der Waals surface area (Å²) in [6.07, 6.45) is 1.33. The topological polar surface area (TPSA) is 109 Å². The van der Waals surface area contributed by atoms with Crippen LogP contribution in [0.3, 0.4) is 0 Å². The van der Waals surface area contributed by atoms with E-state index in [2.05, 4.69) is 5.32 Å². The number of aryl methyl sites for hydroxylation is 1. The predicted molar refractivity (Wildman–Crippen MR) is 109 cm³/mol. The van der Waals surface area contributed by atoms with Gasteiger partial charge in [-0.1, -0.05) is 11.6 Å². The maximum absolute atomic E-state index is 12.4. The second-order valence-electron chi connectivity index (χ2n) is 6.09. The molecule has 3 aromatic rings. The van der Waals surface area contributed by atoms with Crippen LogP contribution < -0.4 is 5.32 Å². The van der Waals surface area contributed by atoms with Crippen LogP contribution in [0.15, 0.2) is 64.6 Å². The molecule has 0 atom stereocenters. The van der Waals surface area contributed by atoms with Crippen molar-refractivity contribution in [2.45, 2.75) is 6.92 Å². The zero-order chi connectivity index (χ0) is 21.0. The van der Waals surface area contributed by atoms with E-state index in [1.165, 1.54) is 18.2 Å². The second-order valence-corrected chi connectivity index (χ2v) is 6.53. The molecule has 7 nitrogen and oxygen atoms in total. The summed E-state index contributed by atoms with van der Waals surface area (Å²) in [4.78, 5) is 22.7. The Morgan fingerprint density at radius 2 is 1.93 bits per heavy atom. The molecule has 1 aromatic heterocycles. The van der Waals surface area contributed by atoms with Crippen molar-refractivity contribution in [2.75, 3.05) is 5.32 Å². The minimum Gasteiger partial charge on any atom is -0.457 e. The highest BCUT2D eigenvalue weighted by atomic mass is 35.5. The van der Waals surface area contributed by atoms with Crippen LogP contribution in [0.1, 0.15) is 11.3 Å². The van der Waals surface area contributed by atoms with Crippen LogP contribution in [-0.4, -0.2) is 10.8 Å². The summed E-state index contributed by atoms with van der Waals surface area (Å²) in [6, 6.07) is 16.0. The van der Waals surface area contributed by atoms with Crippen LogP contribution in [0.2, 0.25) is 5.02 Å². The van der Waals surface area contributed by atoms with Gasteiger partial charge in [-0.2, -0.15) is 5.26 Å². The molecule has 29 heavy (non-hydrogen) atoms. The molecule has 0 aliphatic rings. The number of furan rings is 1. The molecule has 0 fully saturated rings. The monoisotopic (exact) mass is 407 g/mol. The van der Waals surface area contributed by atoms with Gasteiger partial charge >= 0.3 is 0 Å². The van der Waals surface area contributed by atoms with E-state index in [0.717, 1.165) is 5.56 Å². The minimum atomic E-state index is -0.578. The number of halogens is 1. The van der Waals surface area contributed by atoms with E-state index in [-0.39, 0.29) is 11.3 Å². The standard InChI is InChI=1S/C21H14ClN3O4/c1-13-10-16(22)4-8-19(13)24-21(26)15(12-23)11-18-7-9-20(29-18)14-2-5-17(6-3-14)25(27)28/h2-11H,1H3,(H,24,26)/b15-11+. The molecule has 0 radical (unpaired) electrons. The van der Waals surface area contributed by atoms with Crippen LogP contribution in [0.25, 0.3) is 17.4 Å². The summed E-state index contributed by atoms with van der Waals surface area (Å²) in [5.41, 5.74) is 1.79. The normalized spacial score (nSPS) is 11.0. The van der Waals surface area contributed by atoms with Crippen LogP contribution in [0.4, 0.5) is 11.4 Å². The molecule has 8 heteroatoms. The number of hydrogen-bond acceptors (Lipinski definition) is 5. The predicted octanol–water partition coefficient (Wildman–Crippen LogP) is 5.36. The Morgan fingerprint density at radius 1 is 1.21 bits per heavy atom. The first-order valence-electron chi connectivity index (χ1n) is 8.41. The zero-order valence-corrected chi connectivity index (χ0v) is 15.9. The van der Waals surface area contributed by atoms with Crippen molar-refractivity contribution in [3.8, 4) is 17.4 Å². The molecule has 0 spiro atoms. The SMILES string of the molecule is Cc1cc(Cl)ccc1NC(=O)/C(C#N)=C/c1ccc(-c2ccc([N+](=O)[O-])cc2)o1. The molecule has 0 unspecified atom stereocenters. The van der Waals surface area contributed by atoms with E-state index in [0.29, 0.717) is 27.8 Å². The Balaban J connectivity index is 1.80. The number of nitro groups is 1. The highest BCUT2D eigenvalue weighted by Crippen LogP contribution is 2.26. The number of nitriles is 1. The fourth-order valence-corrected chi connectivity index (χ4v) is 2.81. The van der Waals surface area contributed by atoms with Gasteiger partial charge < -0.3 is 9.73 Å². The Morgan fingerprint density at radius 3 is 2.55 bits per heavy atom. The molecule has 1 heterocycles. The van der Waals surface area contributed by atoms with Crippen LogP contribution in [0, 0.1) is 28.4 Å². The van der Waals surface area contributed by atoms with Gasteiger partial charge in [0.2, 0.25) is 0 Å². The van der Waals surface area contributed by atoms with E-state index in [1.54, 1.807) is 49.4 Å². The van der Waals surface area contributed by atoms with Crippen molar-refractivity contribution < 1.29 is 14.1 Å². The molecule has 144 valence electrons. The number of non-ortho nitro benzene ring substituents is 1. The molecule has 1 N–H and O–H groups in total. The van der Waals surface area contributed by atoms with E-state index < -0.39 is 10.8 Å². The first-order chi connectivity index (χ1) is 13.9. The molecule has 0 bridgehead atoms. The summed E-state index contributed by atoms with van der Waals surface area (Å²) in [5.74, 6) is 0.182. The van der Waals surface area contributed by atoms with Gasteiger partial charge in [0, 0.05) is 34.5 Å². The average Bonchev–Trinajstić information content (AvgIpc) is 3.17. The smallest absolute Gasteiger partial charge is 0.269 e. The zero-order valence-electron chi connectivity index (χ0n) is 15.2. The number of nitrogens with one attached hydrogen (secondary N) is 1. The van der Waals surface area contributed by atoms with Gasteiger partial charge in [-0.05, 0) is 55.0 Å². The molecule has 0 saturated carbocycles. The van der Waals surface area contributed by atoms with Crippen molar-refractivity contribution in [3.63, 3.8) is 0 Å². The quantitative estimate of drug-likeness (QED) is 0.265. The molecule has 0 saturated heterocycles. The fourth-order valence-electron chi connectivity index (χ4n) is 2.58. The molecule has 0 aliphatic carbocycles. The maximum atomic E-state index is 12.4. The lowest BCUT2D eigenvalue weighted by Gasteiger charge is -2.07. The van der Waals surface area contributed by atoms with Crippen molar-refractivity contribution in [3.05, 3.63) is 86.6 Å². The van der Waals surface area contributed by atoms with E-state index in [4.69, 9.17) is 16.0 Å². The summed E-state index contributed by atoms with van der Waals surface area (Å²) >= 11 is 5.91. The lowest BCUT2D eigenvalue weighted by molar-refractivity contribution is -0.384. The maximum Gasteiger partial charge on any atom is 0.269 e. The van der Waals surface area contributed by atoms with Crippen molar-refractivity contribution in [1.29, 1.82) is 5.26 Å². The van der Waals surface area contributed by atoms with Crippen LogP contribution >= 0.6 is 11.6 Å². The lowest BCUT2D eigenvalue weighted by Crippen LogP contribution is -2.14. The van der Waals surface area contributed by atoms with E-state index in [1.807, 2.05) is 6.07 Å². The highest BCUT2D eigenvalue weighted by Gasteiger charge is 2.13. The Labute approximate surface area is 171 Å².